The predicted octanol–water partition coefficient (Wildman–Crippen LogP) is 2.10. The number of rotatable bonds is 5. The van der Waals surface area contributed by atoms with E-state index in [9.17, 15) is 14.9 Å². The molecule has 1 aliphatic rings. The summed E-state index contributed by atoms with van der Waals surface area (Å²) in [5.74, 6) is 0.510. The second-order valence-corrected chi connectivity index (χ2v) is 6.40. The molecule has 0 unspecified atom stereocenters. The molecule has 2 rings (SSSR count). The number of carbonyl (C=O) groups is 1. The van der Waals surface area contributed by atoms with Gasteiger partial charge in [0.25, 0.3) is 11.6 Å². The molecular formula is C16H24N4O3. The molecule has 7 heteroatoms. The summed E-state index contributed by atoms with van der Waals surface area (Å²) >= 11 is 0. The lowest BCUT2D eigenvalue weighted by molar-refractivity contribution is -0.385. The number of carbonyl (C=O) groups excluding carboxylic acids is 1. The monoisotopic (exact) mass is 320 g/mol. The quantitative estimate of drug-likeness (QED) is 0.613. The molecule has 0 radical (unpaired) electrons. The van der Waals surface area contributed by atoms with E-state index in [2.05, 4.69) is 23.7 Å². The minimum Gasteiger partial charge on any atom is -0.336 e. The molecule has 1 fully saturated rings. The first-order chi connectivity index (χ1) is 10.9. The highest BCUT2D eigenvalue weighted by atomic mass is 16.6. The van der Waals surface area contributed by atoms with Crippen LogP contribution in [0.1, 0.15) is 36.3 Å². The SMILES string of the molecule is Cc1ncc([N+](=O)[O-])cc1C(=O)N1CCN(CCC(C)C)CC1. The van der Waals surface area contributed by atoms with Crippen molar-refractivity contribution in [1.29, 1.82) is 0 Å². The molecule has 0 aromatic carbocycles. The fourth-order valence-corrected chi connectivity index (χ4v) is 2.62. The minimum atomic E-state index is -0.521. The van der Waals surface area contributed by atoms with Gasteiger partial charge in [-0.3, -0.25) is 24.8 Å². The molecule has 0 N–H and O–H groups in total. The Balaban J connectivity index is 2.00. The van der Waals surface area contributed by atoms with Crippen molar-refractivity contribution in [2.24, 2.45) is 5.92 Å². The van der Waals surface area contributed by atoms with Gasteiger partial charge in [-0.05, 0) is 25.8 Å². The van der Waals surface area contributed by atoms with E-state index in [1.807, 2.05) is 0 Å². The molecule has 7 nitrogen and oxygen atoms in total. The zero-order valence-corrected chi connectivity index (χ0v) is 14.0. The topological polar surface area (TPSA) is 79.6 Å². The first kappa shape index (κ1) is 17.3. The molecule has 0 aliphatic carbocycles. The average molecular weight is 320 g/mol. The molecular weight excluding hydrogens is 296 g/mol. The van der Waals surface area contributed by atoms with Crippen LogP contribution in [0.25, 0.3) is 0 Å². The number of aryl methyl sites for hydroxylation is 1. The zero-order valence-electron chi connectivity index (χ0n) is 14.0. The first-order valence-corrected chi connectivity index (χ1v) is 8.01. The highest BCUT2D eigenvalue weighted by molar-refractivity contribution is 5.95. The van der Waals surface area contributed by atoms with Crippen LogP contribution in [0.15, 0.2) is 12.3 Å². The lowest BCUT2D eigenvalue weighted by Gasteiger charge is -2.35. The third kappa shape index (κ3) is 4.48. The van der Waals surface area contributed by atoms with Gasteiger partial charge >= 0.3 is 0 Å². The number of piperazine rings is 1. The Hall–Kier alpha value is -2.02. The summed E-state index contributed by atoms with van der Waals surface area (Å²) in [7, 11) is 0. The molecule has 1 aliphatic heterocycles. The van der Waals surface area contributed by atoms with Gasteiger partial charge in [0.2, 0.25) is 0 Å². The molecule has 23 heavy (non-hydrogen) atoms. The summed E-state index contributed by atoms with van der Waals surface area (Å²) in [6, 6.07) is 1.33. The van der Waals surface area contributed by atoms with Gasteiger partial charge < -0.3 is 4.90 Å². The normalized spacial score (nSPS) is 15.9. The van der Waals surface area contributed by atoms with E-state index < -0.39 is 4.92 Å². The van der Waals surface area contributed by atoms with Crippen molar-refractivity contribution in [3.05, 3.63) is 33.6 Å². The van der Waals surface area contributed by atoms with Crippen molar-refractivity contribution in [3.8, 4) is 0 Å². The molecule has 1 saturated heterocycles. The van der Waals surface area contributed by atoms with Crippen molar-refractivity contribution in [3.63, 3.8) is 0 Å². The van der Waals surface area contributed by atoms with Crippen LogP contribution in [0.5, 0.6) is 0 Å². The van der Waals surface area contributed by atoms with Gasteiger partial charge in [-0.25, -0.2) is 0 Å². The van der Waals surface area contributed by atoms with Crippen LogP contribution in [0.4, 0.5) is 5.69 Å². The standard InChI is InChI=1S/C16H24N4O3/c1-12(2)4-5-18-6-8-19(9-7-18)16(21)15-10-14(20(22)23)11-17-13(15)3/h10-12H,4-9H2,1-3H3. The van der Waals surface area contributed by atoms with Gasteiger partial charge in [0.1, 0.15) is 6.20 Å². The van der Waals surface area contributed by atoms with Crippen LogP contribution >= 0.6 is 0 Å². The Morgan fingerprint density at radius 3 is 2.57 bits per heavy atom. The van der Waals surface area contributed by atoms with Crippen LogP contribution < -0.4 is 0 Å². The van der Waals surface area contributed by atoms with Crippen molar-refractivity contribution in [2.75, 3.05) is 32.7 Å². The van der Waals surface area contributed by atoms with Crippen molar-refractivity contribution in [2.45, 2.75) is 27.2 Å². The maximum absolute atomic E-state index is 12.6. The van der Waals surface area contributed by atoms with Crippen LogP contribution in [0, 0.1) is 23.0 Å². The summed E-state index contributed by atoms with van der Waals surface area (Å²) in [6.07, 6.45) is 2.35. The molecule has 126 valence electrons. The number of nitrogens with zero attached hydrogens (tertiary/aromatic N) is 4. The van der Waals surface area contributed by atoms with Crippen molar-refractivity contribution in [1.82, 2.24) is 14.8 Å². The van der Waals surface area contributed by atoms with E-state index in [4.69, 9.17) is 0 Å². The van der Waals surface area contributed by atoms with Crippen LogP contribution in [-0.2, 0) is 0 Å². The highest BCUT2D eigenvalue weighted by Crippen LogP contribution is 2.17. The second-order valence-electron chi connectivity index (χ2n) is 6.40. The molecule has 0 atom stereocenters. The van der Waals surface area contributed by atoms with E-state index in [1.54, 1.807) is 11.8 Å². The minimum absolute atomic E-state index is 0.144. The molecule has 1 aromatic heterocycles. The Morgan fingerprint density at radius 1 is 1.35 bits per heavy atom. The number of aromatic nitrogens is 1. The number of pyridine rings is 1. The lowest BCUT2D eigenvalue weighted by atomic mass is 10.1. The van der Waals surface area contributed by atoms with Gasteiger partial charge in [-0.15, -0.1) is 0 Å². The van der Waals surface area contributed by atoms with Crippen molar-refractivity contribution >= 4 is 11.6 Å². The fraction of sp³-hybridized carbons (Fsp3) is 0.625. The smallest absolute Gasteiger partial charge is 0.288 e. The number of nitro groups is 1. The van der Waals surface area contributed by atoms with Crippen molar-refractivity contribution < 1.29 is 9.72 Å². The summed E-state index contributed by atoms with van der Waals surface area (Å²) in [6.45, 7) is 10.2. The molecule has 0 spiro atoms. The summed E-state index contributed by atoms with van der Waals surface area (Å²) < 4.78 is 0. The molecule has 0 bridgehead atoms. The van der Waals surface area contributed by atoms with Gasteiger partial charge in [-0.1, -0.05) is 13.8 Å². The van der Waals surface area contributed by atoms with Gasteiger partial charge in [-0.2, -0.15) is 0 Å². The van der Waals surface area contributed by atoms with E-state index in [0.29, 0.717) is 30.3 Å². The van der Waals surface area contributed by atoms with Gasteiger partial charge in [0.05, 0.1) is 16.2 Å². The van der Waals surface area contributed by atoms with E-state index in [-0.39, 0.29) is 11.6 Å². The zero-order chi connectivity index (χ0) is 17.0. The van der Waals surface area contributed by atoms with Gasteiger partial charge in [0, 0.05) is 32.2 Å². The maximum atomic E-state index is 12.6. The number of amides is 1. The third-order valence-electron chi connectivity index (χ3n) is 4.20. The Kier molecular flexibility index (Phi) is 5.65. The number of hydrogen-bond donors (Lipinski definition) is 0. The Labute approximate surface area is 136 Å². The first-order valence-electron chi connectivity index (χ1n) is 8.01. The van der Waals surface area contributed by atoms with E-state index >= 15 is 0 Å². The summed E-state index contributed by atoms with van der Waals surface area (Å²) in [5.41, 5.74) is 0.715. The average Bonchev–Trinajstić information content (AvgIpc) is 2.53. The predicted molar refractivity (Wildman–Crippen MR) is 87.4 cm³/mol. The van der Waals surface area contributed by atoms with E-state index in [1.165, 1.54) is 12.3 Å². The molecule has 2 heterocycles. The van der Waals surface area contributed by atoms with Crippen LogP contribution in [0.3, 0.4) is 0 Å². The Bertz CT molecular complexity index is 581. The maximum Gasteiger partial charge on any atom is 0.288 e. The molecule has 1 amide bonds. The van der Waals surface area contributed by atoms with Gasteiger partial charge in [0.15, 0.2) is 0 Å². The van der Waals surface area contributed by atoms with Crippen LogP contribution in [-0.4, -0.2) is 58.3 Å². The third-order valence-corrected chi connectivity index (χ3v) is 4.20. The van der Waals surface area contributed by atoms with E-state index in [0.717, 1.165) is 26.1 Å². The molecule has 0 saturated carbocycles. The second kappa shape index (κ2) is 7.50. The molecule has 1 aromatic rings. The largest absolute Gasteiger partial charge is 0.336 e. The fourth-order valence-electron chi connectivity index (χ4n) is 2.62. The summed E-state index contributed by atoms with van der Waals surface area (Å²) in [5, 5.41) is 10.9. The lowest BCUT2D eigenvalue weighted by Crippen LogP contribution is -2.49. The summed E-state index contributed by atoms with van der Waals surface area (Å²) in [4.78, 5) is 31.1. The Morgan fingerprint density at radius 2 is 2.00 bits per heavy atom. The van der Waals surface area contributed by atoms with Crippen LogP contribution in [0.2, 0.25) is 0 Å². The number of hydrogen-bond acceptors (Lipinski definition) is 5. The highest BCUT2D eigenvalue weighted by Gasteiger charge is 2.25.